The van der Waals surface area contributed by atoms with Crippen LogP contribution in [0.25, 0.3) is 0 Å². The molecule has 0 aromatic heterocycles. The molecule has 1 unspecified atom stereocenters. The van der Waals surface area contributed by atoms with Crippen LogP contribution in [0.5, 0.6) is 0 Å². The van der Waals surface area contributed by atoms with Gasteiger partial charge in [-0.2, -0.15) is 0 Å². The Morgan fingerprint density at radius 3 is 2.80 bits per heavy atom. The predicted octanol–water partition coefficient (Wildman–Crippen LogP) is 2.04. The van der Waals surface area contributed by atoms with E-state index in [4.69, 9.17) is 22.5 Å². The fourth-order valence-corrected chi connectivity index (χ4v) is 1.46. The lowest BCUT2D eigenvalue weighted by atomic mass is 10.1. The van der Waals surface area contributed by atoms with Crippen molar-refractivity contribution in [2.45, 2.75) is 13.0 Å². The van der Waals surface area contributed by atoms with Crippen LogP contribution < -0.4 is 5.73 Å². The van der Waals surface area contributed by atoms with Crippen molar-refractivity contribution in [3.8, 4) is 0 Å². The van der Waals surface area contributed by atoms with Gasteiger partial charge in [0, 0.05) is 12.1 Å². The molecule has 0 heterocycles. The molecule has 3 N–H and O–H groups in total. The van der Waals surface area contributed by atoms with Gasteiger partial charge in [0.2, 0.25) is 5.96 Å². The van der Waals surface area contributed by atoms with Gasteiger partial charge in [-0.1, -0.05) is 28.9 Å². The van der Waals surface area contributed by atoms with Crippen molar-refractivity contribution in [2.75, 3.05) is 7.05 Å². The summed E-state index contributed by atoms with van der Waals surface area (Å²) >= 11 is 5.88. The first-order valence-electron chi connectivity index (χ1n) is 4.52. The van der Waals surface area contributed by atoms with Crippen LogP contribution in [0, 0.1) is 0 Å². The highest BCUT2D eigenvalue weighted by molar-refractivity contribution is 6.30. The first-order chi connectivity index (χ1) is 7.06. The topological polar surface area (TPSA) is 61.8 Å². The molecule has 0 fully saturated rings. The Labute approximate surface area is 93.9 Å². The van der Waals surface area contributed by atoms with Crippen molar-refractivity contribution in [1.29, 1.82) is 0 Å². The van der Waals surface area contributed by atoms with E-state index < -0.39 is 0 Å². The highest BCUT2D eigenvalue weighted by Gasteiger charge is 2.13. The summed E-state index contributed by atoms with van der Waals surface area (Å²) in [5, 5.41) is 12.2. The number of nitrogens with zero attached hydrogens (tertiary/aromatic N) is 2. The lowest BCUT2D eigenvalue weighted by Crippen LogP contribution is -2.35. The third-order valence-corrected chi connectivity index (χ3v) is 2.61. The molecule has 0 bridgehead atoms. The fraction of sp³-hybridized carbons (Fsp3) is 0.300. The van der Waals surface area contributed by atoms with Gasteiger partial charge in [0.25, 0.3) is 0 Å². The number of guanidine groups is 1. The van der Waals surface area contributed by atoms with Gasteiger partial charge in [0.05, 0.1) is 6.04 Å². The average molecular weight is 228 g/mol. The number of oxime groups is 1. The molecule has 15 heavy (non-hydrogen) atoms. The molecule has 0 saturated heterocycles. The van der Waals surface area contributed by atoms with E-state index in [0.29, 0.717) is 5.02 Å². The summed E-state index contributed by atoms with van der Waals surface area (Å²) in [7, 11) is 1.75. The quantitative estimate of drug-likeness (QED) is 0.352. The molecule has 1 atom stereocenters. The standard InChI is InChI=1S/C10H14ClN3O/c1-7(14(2)10(12)13-15)8-4-3-5-9(11)6-8/h3-7,15H,1-2H3,(H2,12,13). The van der Waals surface area contributed by atoms with Crippen LogP contribution in [0.4, 0.5) is 0 Å². The van der Waals surface area contributed by atoms with Crippen LogP contribution in [-0.2, 0) is 0 Å². The largest absolute Gasteiger partial charge is 0.408 e. The molecule has 1 aromatic carbocycles. The summed E-state index contributed by atoms with van der Waals surface area (Å²) < 4.78 is 0. The molecular formula is C10H14ClN3O. The van der Waals surface area contributed by atoms with Crippen molar-refractivity contribution in [1.82, 2.24) is 4.90 Å². The number of nitrogens with two attached hydrogens (primary N) is 1. The molecule has 5 heteroatoms. The maximum absolute atomic E-state index is 8.55. The van der Waals surface area contributed by atoms with E-state index in [1.807, 2.05) is 25.1 Å². The van der Waals surface area contributed by atoms with Gasteiger partial charge >= 0.3 is 0 Å². The highest BCUT2D eigenvalue weighted by atomic mass is 35.5. The van der Waals surface area contributed by atoms with Crippen molar-refractivity contribution in [3.05, 3.63) is 34.9 Å². The summed E-state index contributed by atoms with van der Waals surface area (Å²) in [6, 6.07) is 7.47. The van der Waals surface area contributed by atoms with Gasteiger partial charge in [-0.05, 0) is 24.6 Å². The zero-order valence-corrected chi connectivity index (χ0v) is 9.44. The Balaban J connectivity index is 2.89. The fourth-order valence-electron chi connectivity index (χ4n) is 1.26. The minimum atomic E-state index is -0.000370. The van der Waals surface area contributed by atoms with Gasteiger partial charge in [-0.3, -0.25) is 0 Å². The maximum atomic E-state index is 8.55. The molecule has 0 saturated carbocycles. The summed E-state index contributed by atoms with van der Waals surface area (Å²) in [5.41, 5.74) is 6.50. The summed E-state index contributed by atoms with van der Waals surface area (Å²) in [6.45, 7) is 1.95. The number of benzene rings is 1. The lowest BCUT2D eigenvalue weighted by Gasteiger charge is -2.25. The first kappa shape index (κ1) is 11.7. The van der Waals surface area contributed by atoms with Gasteiger partial charge < -0.3 is 15.8 Å². The molecule has 0 aliphatic heterocycles. The molecule has 4 nitrogen and oxygen atoms in total. The Kier molecular flexibility index (Phi) is 3.80. The number of hydrogen-bond acceptors (Lipinski definition) is 2. The Hall–Kier alpha value is -1.42. The number of halogens is 1. The first-order valence-corrected chi connectivity index (χ1v) is 4.90. The molecule has 0 aliphatic carbocycles. The SMILES string of the molecule is CC(c1cccc(Cl)c1)N(C)C(N)=NO. The van der Waals surface area contributed by atoms with Crippen LogP contribution in [0.15, 0.2) is 29.4 Å². The van der Waals surface area contributed by atoms with Crippen LogP contribution in [0.1, 0.15) is 18.5 Å². The van der Waals surface area contributed by atoms with Crippen molar-refractivity contribution < 1.29 is 5.21 Å². The predicted molar refractivity (Wildman–Crippen MR) is 61.0 cm³/mol. The van der Waals surface area contributed by atoms with E-state index in [-0.39, 0.29) is 12.0 Å². The summed E-state index contributed by atoms with van der Waals surface area (Å²) in [5.74, 6) is 0.0717. The Bertz CT molecular complexity index is 367. The normalized spacial score (nSPS) is 13.7. The molecule has 0 spiro atoms. The van der Waals surface area contributed by atoms with Crippen LogP contribution in [-0.4, -0.2) is 23.1 Å². The molecule has 0 radical (unpaired) electrons. The Morgan fingerprint density at radius 2 is 2.27 bits per heavy atom. The minimum Gasteiger partial charge on any atom is -0.408 e. The van der Waals surface area contributed by atoms with E-state index in [9.17, 15) is 0 Å². The van der Waals surface area contributed by atoms with Gasteiger partial charge in [-0.15, -0.1) is 0 Å². The monoisotopic (exact) mass is 227 g/mol. The third kappa shape index (κ3) is 2.76. The van der Waals surface area contributed by atoms with Crippen molar-refractivity contribution in [2.24, 2.45) is 10.9 Å². The van der Waals surface area contributed by atoms with E-state index in [1.165, 1.54) is 0 Å². The van der Waals surface area contributed by atoms with Crippen molar-refractivity contribution in [3.63, 3.8) is 0 Å². The minimum absolute atomic E-state index is 0.000370. The highest BCUT2D eigenvalue weighted by Crippen LogP contribution is 2.21. The number of hydrogen-bond donors (Lipinski definition) is 2. The van der Waals surface area contributed by atoms with E-state index >= 15 is 0 Å². The molecule has 1 aromatic rings. The molecule has 1 rings (SSSR count). The molecular weight excluding hydrogens is 214 g/mol. The van der Waals surface area contributed by atoms with Crippen LogP contribution in [0.2, 0.25) is 5.02 Å². The van der Waals surface area contributed by atoms with E-state index in [1.54, 1.807) is 18.0 Å². The van der Waals surface area contributed by atoms with Crippen LogP contribution >= 0.6 is 11.6 Å². The number of rotatable bonds is 2. The van der Waals surface area contributed by atoms with E-state index in [0.717, 1.165) is 5.56 Å². The summed E-state index contributed by atoms with van der Waals surface area (Å²) in [6.07, 6.45) is 0. The Morgan fingerprint density at radius 1 is 1.60 bits per heavy atom. The van der Waals surface area contributed by atoms with Crippen molar-refractivity contribution >= 4 is 17.6 Å². The zero-order valence-electron chi connectivity index (χ0n) is 8.68. The summed E-state index contributed by atoms with van der Waals surface area (Å²) in [4.78, 5) is 1.66. The third-order valence-electron chi connectivity index (χ3n) is 2.38. The van der Waals surface area contributed by atoms with Gasteiger partial charge in [-0.25, -0.2) is 0 Å². The van der Waals surface area contributed by atoms with Gasteiger partial charge in [0.1, 0.15) is 0 Å². The lowest BCUT2D eigenvalue weighted by molar-refractivity contribution is 0.294. The molecule has 0 amide bonds. The van der Waals surface area contributed by atoms with Crippen LogP contribution in [0.3, 0.4) is 0 Å². The maximum Gasteiger partial charge on any atom is 0.233 e. The second kappa shape index (κ2) is 4.89. The second-order valence-electron chi connectivity index (χ2n) is 3.30. The van der Waals surface area contributed by atoms with E-state index in [2.05, 4.69) is 5.16 Å². The average Bonchev–Trinajstić information content (AvgIpc) is 2.26. The molecule has 82 valence electrons. The zero-order chi connectivity index (χ0) is 11.4. The second-order valence-corrected chi connectivity index (χ2v) is 3.74. The van der Waals surface area contributed by atoms with Gasteiger partial charge in [0.15, 0.2) is 0 Å². The molecule has 0 aliphatic rings. The smallest absolute Gasteiger partial charge is 0.233 e.